The Balaban J connectivity index is 1.87. The van der Waals surface area contributed by atoms with Gasteiger partial charge < -0.3 is 35.3 Å². The Morgan fingerprint density at radius 3 is 2.17 bits per heavy atom. The highest BCUT2D eigenvalue weighted by molar-refractivity contribution is 9.10. The van der Waals surface area contributed by atoms with Crippen molar-refractivity contribution in [1.29, 1.82) is 0 Å². The molecule has 1 unspecified atom stereocenters. The van der Waals surface area contributed by atoms with Gasteiger partial charge in [-0.15, -0.1) is 0 Å². The number of carbonyl (C=O) groups is 4. The van der Waals surface area contributed by atoms with Crippen LogP contribution in [0.4, 0.5) is 10.5 Å². The zero-order valence-corrected chi connectivity index (χ0v) is 36.0. The Labute approximate surface area is 352 Å². The van der Waals surface area contributed by atoms with Gasteiger partial charge >= 0.3 is 12.1 Å². The molecule has 59 heavy (non-hydrogen) atoms. The number of nitro benzene ring substituents is 1. The summed E-state index contributed by atoms with van der Waals surface area (Å²) in [5.41, 5.74) is -0.347. The van der Waals surface area contributed by atoms with E-state index < -0.39 is 62.6 Å². The molecule has 0 spiro atoms. The van der Waals surface area contributed by atoms with Gasteiger partial charge in [0.25, 0.3) is 5.69 Å². The number of amides is 3. The number of hydrogen-bond acceptors (Lipinski definition) is 11. The molecule has 3 atom stereocenters. The minimum atomic E-state index is -4.23. The van der Waals surface area contributed by atoms with Crippen molar-refractivity contribution in [2.75, 3.05) is 20.3 Å². The second-order valence-electron chi connectivity index (χ2n) is 14.6. The summed E-state index contributed by atoms with van der Waals surface area (Å²) < 4.78 is 46.5. The molecule has 0 aromatic heterocycles. The van der Waals surface area contributed by atoms with E-state index in [0.29, 0.717) is 29.3 Å². The number of benzene rings is 3. The van der Waals surface area contributed by atoms with Gasteiger partial charge in [0.1, 0.15) is 17.7 Å². The number of carboxylic acid groups (broad SMARTS) is 1. The van der Waals surface area contributed by atoms with Crippen LogP contribution in [0.2, 0.25) is 0 Å². The second-order valence-corrected chi connectivity index (χ2v) is 17.2. The number of nitro groups is 1. The van der Waals surface area contributed by atoms with E-state index in [4.69, 9.17) is 19.3 Å². The third-order valence-electron chi connectivity index (χ3n) is 8.62. The number of carboxylic acids is 1. The van der Waals surface area contributed by atoms with Crippen LogP contribution < -0.4 is 30.1 Å². The van der Waals surface area contributed by atoms with Gasteiger partial charge in [-0.1, -0.05) is 46.3 Å². The number of methoxy groups -OCH3 is 1. The Morgan fingerprint density at radius 2 is 1.56 bits per heavy atom. The predicted octanol–water partition coefficient (Wildman–Crippen LogP) is 5.95. The van der Waals surface area contributed by atoms with Gasteiger partial charge in [-0.25, -0.2) is 13.2 Å². The van der Waals surface area contributed by atoms with Crippen LogP contribution in [0, 0.1) is 10.1 Å². The minimum Gasteiger partial charge on any atom is -0.493 e. The standard InChI is InChI=1S/C40H52BrN5O12S/c1-26(30-24-34(56-5)35(25-33(30)46(52)53)57-22-12-10-16-36(47)48)43-38(50)32(23-27-13-7-6-8-14-27)44-37(49)31(15-9-11-21-42-39(51)58-40(2,3)4)45-59(54,55)29-19-17-28(41)18-20-29/h6-8,13-14,17-20,24-26,31-32,45H,9-12,15-16,21-23H2,1-5H3,(H,42,51)(H,43,50)(H,44,49)(H,47,48)/t26?,31-,32-/m0/s1. The molecule has 0 bridgehead atoms. The molecule has 19 heteroatoms. The fourth-order valence-corrected chi connectivity index (χ4v) is 7.21. The van der Waals surface area contributed by atoms with Crippen molar-refractivity contribution >= 4 is 55.5 Å². The molecule has 17 nitrogen and oxygen atoms in total. The largest absolute Gasteiger partial charge is 0.493 e. The van der Waals surface area contributed by atoms with Crippen LogP contribution in [0.25, 0.3) is 0 Å². The topological polar surface area (TPSA) is 242 Å². The highest BCUT2D eigenvalue weighted by Crippen LogP contribution is 2.37. The normalized spacial score (nSPS) is 13.0. The molecule has 0 fully saturated rings. The molecule has 3 rings (SSSR count). The molecule has 0 radical (unpaired) electrons. The average Bonchev–Trinajstić information content (AvgIpc) is 3.16. The lowest BCUT2D eigenvalue weighted by Crippen LogP contribution is -2.54. The van der Waals surface area contributed by atoms with Crippen molar-refractivity contribution in [3.05, 3.63) is 92.4 Å². The van der Waals surface area contributed by atoms with E-state index >= 15 is 0 Å². The number of aliphatic carboxylic acids is 1. The van der Waals surface area contributed by atoms with Crippen LogP contribution in [0.3, 0.4) is 0 Å². The summed E-state index contributed by atoms with van der Waals surface area (Å²) in [6, 6.07) is 13.5. The zero-order chi connectivity index (χ0) is 43.8. The minimum absolute atomic E-state index is 0.00631. The van der Waals surface area contributed by atoms with E-state index in [0.717, 1.165) is 0 Å². The molecule has 0 aliphatic carbocycles. The Hall–Kier alpha value is -5.27. The summed E-state index contributed by atoms with van der Waals surface area (Å²) in [5.74, 6) is -2.26. The number of sulfonamides is 1. The number of nitrogens with one attached hydrogen (secondary N) is 4. The monoisotopic (exact) mass is 905 g/mol. The van der Waals surface area contributed by atoms with Gasteiger partial charge in [-0.05, 0) is 95.7 Å². The number of halogens is 1. The molecule has 3 aromatic rings. The van der Waals surface area contributed by atoms with E-state index in [-0.39, 0.29) is 66.5 Å². The van der Waals surface area contributed by atoms with Crippen LogP contribution in [0.1, 0.15) is 83.4 Å². The van der Waals surface area contributed by atoms with Gasteiger partial charge in [-0.2, -0.15) is 4.72 Å². The van der Waals surface area contributed by atoms with Gasteiger partial charge in [-0.3, -0.25) is 24.5 Å². The molecule has 0 aliphatic rings. The van der Waals surface area contributed by atoms with Crippen LogP contribution in [-0.4, -0.2) is 80.3 Å². The van der Waals surface area contributed by atoms with Crippen LogP contribution in [0.15, 0.2) is 76.1 Å². The highest BCUT2D eigenvalue weighted by Gasteiger charge is 2.32. The summed E-state index contributed by atoms with van der Waals surface area (Å²) in [4.78, 5) is 62.6. The Morgan fingerprint density at radius 1 is 0.898 bits per heavy atom. The number of unbranched alkanes of at least 4 members (excludes halogenated alkanes) is 2. The summed E-state index contributed by atoms with van der Waals surface area (Å²) in [6.07, 6.45) is 0.674. The third kappa shape index (κ3) is 16.5. The molecule has 3 amide bonds. The number of carbonyl (C=O) groups excluding carboxylic acids is 3. The molecular formula is C40H52BrN5O12S. The molecule has 0 saturated heterocycles. The van der Waals surface area contributed by atoms with E-state index in [9.17, 15) is 37.7 Å². The Bertz CT molecular complexity index is 2010. The highest BCUT2D eigenvalue weighted by atomic mass is 79.9. The summed E-state index contributed by atoms with van der Waals surface area (Å²) in [5, 5.41) is 29.2. The molecule has 322 valence electrons. The SMILES string of the molecule is COc1cc(C(C)NC(=O)[C@H](Cc2ccccc2)NC(=O)[C@H](CCCCNC(=O)OC(C)(C)C)NS(=O)(=O)c2ccc(Br)cc2)c([N+](=O)[O-])cc1OCCCCC(=O)O. The van der Waals surface area contributed by atoms with Gasteiger partial charge in [0.05, 0.1) is 41.2 Å². The quantitative estimate of drug-likeness (QED) is 0.0422. The van der Waals surface area contributed by atoms with Crippen LogP contribution in [-0.2, 0) is 35.6 Å². The van der Waals surface area contributed by atoms with Crippen molar-refractivity contribution in [3.8, 4) is 11.5 Å². The lowest BCUT2D eigenvalue weighted by molar-refractivity contribution is -0.385. The van der Waals surface area contributed by atoms with Crippen molar-refractivity contribution in [2.24, 2.45) is 0 Å². The molecule has 5 N–H and O–H groups in total. The van der Waals surface area contributed by atoms with Crippen molar-refractivity contribution in [1.82, 2.24) is 20.7 Å². The van der Waals surface area contributed by atoms with E-state index in [1.54, 1.807) is 63.2 Å². The maximum atomic E-state index is 14.1. The summed E-state index contributed by atoms with van der Waals surface area (Å²) in [7, 11) is -2.89. The number of nitrogens with zero attached hydrogens (tertiary/aromatic N) is 1. The molecule has 0 saturated carbocycles. The first kappa shape index (κ1) is 48.1. The lowest BCUT2D eigenvalue weighted by Gasteiger charge is -2.25. The van der Waals surface area contributed by atoms with E-state index in [1.807, 2.05) is 0 Å². The number of hydrogen-bond donors (Lipinski definition) is 5. The van der Waals surface area contributed by atoms with E-state index in [1.165, 1.54) is 38.3 Å². The molecule has 0 aliphatic heterocycles. The Kier molecular flexibility index (Phi) is 18.6. The fraction of sp³-hybridized carbons (Fsp3) is 0.450. The molecule has 3 aromatic carbocycles. The van der Waals surface area contributed by atoms with Crippen LogP contribution >= 0.6 is 15.9 Å². The second kappa shape index (κ2) is 22.8. The lowest BCUT2D eigenvalue weighted by atomic mass is 10.0. The van der Waals surface area contributed by atoms with Crippen molar-refractivity contribution < 1.29 is 51.8 Å². The smallest absolute Gasteiger partial charge is 0.407 e. The first-order chi connectivity index (χ1) is 27.8. The fourth-order valence-electron chi connectivity index (χ4n) is 5.72. The number of rotatable bonds is 23. The number of ether oxygens (including phenoxy) is 3. The van der Waals surface area contributed by atoms with Gasteiger partial charge in [0.2, 0.25) is 21.8 Å². The third-order valence-corrected chi connectivity index (χ3v) is 10.6. The number of alkyl carbamates (subject to hydrolysis) is 1. The zero-order valence-electron chi connectivity index (χ0n) is 33.6. The average molecular weight is 907 g/mol. The summed E-state index contributed by atoms with van der Waals surface area (Å²) >= 11 is 3.28. The maximum Gasteiger partial charge on any atom is 0.407 e. The summed E-state index contributed by atoms with van der Waals surface area (Å²) in [6.45, 7) is 6.97. The maximum absolute atomic E-state index is 14.1. The van der Waals surface area contributed by atoms with Crippen molar-refractivity contribution in [2.45, 2.75) is 101 Å². The molecular weight excluding hydrogens is 854 g/mol. The predicted molar refractivity (Wildman–Crippen MR) is 222 cm³/mol. The first-order valence-corrected chi connectivity index (χ1v) is 21.2. The first-order valence-electron chi connectivity index (χ1n) is 18.9. The van der Waals surface area contributed by atoms with Gasteiger partial charge in [0, 0.05) is 23.9 Å². The van der Waals surface area contributed by atoms with E-state index in [2.05, 4.69) is 36.6 Å². The van der Waals surface area contributed by atoms with Gasteiger partial charge in [0.15, 0.2) is 11.5 Å². The van der Waals surface area contributed by atoms with Crippen molar-refractivity contribution in [3.63, 3.8) is 0 Å². The molecule has 0 heterocycles. The van der Waals surface area contributed by atoms with Crippen LogP contribution in [0.5, 0.6) is 11.5 Å².